The molecule has 0 aliphatic rings. The number of aromatic amines is 1. The Balaban J connectivity index is 1.67. The average molecular weight is 367 g/mol. The van der Waals surface area contributed by atoms with Gasteiger partial charge < -0.3 is 15.0 Å². The van der Waals surface area contributed by atoms with E-state index in [4.69, 9.17) is 14.7 Å². The number of anilines is 2. The van der Waals surface area contributed by atoms with Gasteiger partial charge in [-0.3, -0.25) is 4.98 Å². The van der Waals surface area contributed by atoms with Crippen molar-refractivity contribution < 1.29 is 4.74 Å². The predicted molar refractivity (Wildman–Crippen MR) is 111 cm³/mol. The molecule has 0 amide bonds. The summed E-state index contributed by atoms with van der Waals surface area (Å²) in [7, 11) is 1.65. The van der Waals surface area contributed by atoms with Gasteiger partial charge in [0.2, 0.25) is 0 Å². The number of hydrogen-bond donors (Lipinski definition) is 2. The summed E-state index contributed by atoms with van der Waals surface area (Å²) in [5.41, 5.74) is 3.70. The summed E-state index contributed by atoms with van der Waals surface area (Å²) in [6.07, 6.45) is 5.43. The van der Waals surface area contributed by atoms with Crippen LogP contribution in [-0.4, -0.2) is 27.0 Å². The molecule has 0 bridgehead atoms. The van der Waals surface area contributed by atoms with Crippen molar-refractivity contribution in [3.63, 3.8) is 0 Å². The first-order valence-electron chi connectivity index (χ1n) is 8.90. The number of nitrogens with zero attached hydrogens (tertiary/aromatic N) is 3. The Kier molecular flexibility index (Phi) is 3.87. The molecule has 0 saturated carbocycles. The third kappa shape index (κ3) is 2.91. The number of nitrogens with one attached hydrogen (secondary N) is 2. The van der Waals surface area contributed by atoms with Gasteiger partial charge >= 0.3 is 0 Å². The van der Waals surface area contributed by atoms with E-state index in [0.29, 0.717) is 11.6 Å². The van der Waals surface area contributed by atoms with Gasteiger partial charge in [-0.05, 0) is 53.9 Å². The van der Waals surface area contributed by atoms with Crippen molar-refractivity contribution in [3.05, 3.63) is 73.2 Å². The van der Waals surface area contributed by atoms with E-state index in [0.717, 1.165) is 38.8 Å². The van der Waals surface area contributed by atoms with Gasteiger partial charge in [-0.15, -0.1) is 0 Å². The number of pyridine rings is 1. The van der Waals surface area contributed by atoms with Crippen molar-refractivity contribution in [3.8, 4) is 17.1 Å². The lowest BCUT2D eigenvalue weighted by molar-refractivity contribution is 0.415. The smallest absolute Gasteiger partial charge is 0.163 e. The molecule has 5 rings (SSSR count). The minimum atomic E-state index is 0.620. The standard InChI is InChI=1S/C22H17N5O/c1-28-17-6-7-19-18(12-17)22(27-21(26-19)15-3-2-9-23-13-15)25-16-5-4-14-8-10-24-20(14)11-16/h2-13,24H,1H3,(H,25,26,27). The van der Waals surface area contributed by atoms with E-state index in [1.807, 2.05) is 48.7 Å². The molecule has 28 heavy (non-hydrogen) atoms. The second-order valence-corrected chi connectivity index (χ2v) is 6.43. The Hall–Kier alpha value is -3.93. The minimum absolute atomic E-state index is 0.620. The Bertz CT molecular complexity index is 1280. The van der Waals surface area contributed by atoms with Crippen LogP contribution in [0.15, 0.2) is 73.2 Å². The number of rotatable bonds is 4. The second kappa shape index (κ2) is 6.66. The third-order valence-corrected chi connectivity index (χ3v) is 4.64. The van der Waals surface area contributed by atoms with Gasteiger partial charge in [0, 0.05) is 40.7 Å². The zero-order chi connectivity index (χ0) is 18.9. The molecule has 0 aliphatic carbocycles. The molecular weight excluding hydrogens is 350 g/mol. The van der Waals surface area contributed by atoms with Gasteiger partial charge in [-0.25, -0.2) is 9.97 Å². The van der Waals surface area contributed by atoms with E-state index in [2.05, 4.69) is 27.4 Å². The zero-order valence-electron chi connectivity index (χ0n) is 15.2. The Morgan fingerprint density at radius 1 is 1.00 bits per heavy atom. The summed E-state index contributed by atoms with van der Waals surface area (Å²) in [4.78, 5) is 16.9. The normalized spacial score (nSPS) is 11.0. The molecular formula is C22H17N5O. The topological polar surface area (TPSA) is 75.7 Å². The number of hydrogen-bond acceptors (Lipinski definition) is 5. The molecule has 6 heteroatoms. The molecule has 0 spiro atoms. The largest absolute Gasteiger partial charge is 0.497 e. The first kappa shape index (κ1) is 16.3. The number of aromatic nitrogens is 4. The second-order valence-electron chi connectivity index (χ2n) is 6.43. The highest BCUT2D eigenvalue weighted by Crippen LogP contribution is 2.30. The number of ether oxygens (including phenoxy) is 1. The fourth-order valence-electron chi connectivity index (χ4n) is 3.22. The first-order valence-corrected chi connectivity index (χ1v) is 8.90. The van der Waals surface area contributed by atoms with E-state index in [1.54, 1.807) is 19.5 Å². The molecule has 0 aliphatic heterocycles. The van der Waals surface area contributed by atoms with E-state index in [-0.39, 0.29) is 0 Å². The lowest BCUT2D eigenvalue weighted by atomic mass is 10.2. The fraction of sp³-hybridized carbons (Fsp3) is 0.0455. The van der Waals surface area contributed by atoms with Crippen molar-refractivity contribution >= 4 is 33.3 Å². The molecule has 2 aromatic carbocycles. The van der Waals surface area contributed by atoms with Gasteiger partial charge in [0.1, 0.15) is 11.6 Å². The predicted octanol–water partition coefficient (Wildman–Crippen LogP) is 4.93. The lowest BCUT2D eigenvalue weighted by Crippen LogP contribution is -2.00. The van der Waals surface area contributed by atoms with E-state index < -0.39 is 0 Å². The lowest BCUT2D eigenvalue weighted by Gasteiger charge is -2.12. The Labute approximate surface area is 161 Å². The molecule has 2 N–H and O–H groups in total. The summed E-state index contributed by atoms with van der Waals surface area (Å²) in [6, 6.07) is 17.8. The third-order valence-electron chi connectivity index (χ3n) is 4.64. The van der Waals surface area contributed by atoms with Crippen LogP contribution in [0, 0.1) is 0 Å². The highest BCUT2D eigenvalue weighted by molar-refractivity contribution is 5.94. The highest BCUT2D eigenvalue weighted by Gasteiger charge is 2.11. The van der Waals surface area contributed by atoms with Crippen molar-refractivity contribution in [2.75, 3.05) is 12.4 Å². The molecule has 0 unspecified atom stereocenters. The summed E-state index contributed by atoms with van der Waals surface area (Å²) in [5.74, 6) is 2.09. The van der Waals surface area contributed by atoms with Crippen LogP contribution in [0.1, 0.15) is 0 Å². The molecule has 0 atom stereocenters. The number of methoxy groups -OCH3 is 1. The summed E-state index contributed by atoms with van der Waals surface area (Å²) < 4.78 is 5.39. The van der Waals surface area contributed by atoms with E-state index in [1.165, 1.54) is 0 Å². The van der Waals surface area contributed by atoms with Crippen LogP contribution in [0.5, 0.6) is 5.75 Å². The molecule has 6 nitrogen and oxygen atoms in total. The molecule has 3 heterocycles. The molecule has 3 aromatic heterocycles. The maximum atomic E-state index is 5.39. The van der Waals surface area contributed by atoms with Gasteiger partial charge in [0.25, 0.3) is 0 Å². The zero-order valence-corrected chi connectivity index (χ0v) is 15.2. The Morgan fingerprint density at radius 2 is 1.96 bits per heavy atom. The quantitative estimate of drug-likeness (QED) is 0.471. The molecule has 5 aromatic rings. The number of H-pyrrole nitrogens is 1. The van der Waals surface area contributed by atoms with Crippen molar-refractivity contribution in [2.24, 2.45) is 0 Å². The van der Waals surface area contributed by atoms with Crippen LogP contribution in [0.3, 0.4) is 0 Å². The number of fused-ring (bicyclic) bond motifs is 2. The minimum Gasteiger partial charge on any atom is -0.497 e. The number of benzene rings is 2. The molecule has 136 valence electrons. The van der Waals surface area contributed by atoms with E-state index in [9.17, 15) is 0 Å². The molecule has 0 saturated heterocycles. The van der Waals surface area contributed by atoms with Crippen molar-refractivity contribution in [1.82, 2.24) is 19.9 Å². The first-order chi connectivity index (χ1) is 13.8. The maximum absolute atomic E-state index is 5.39. The van der Waals surface area contributed by atoms with Gasteiger partial charge in [-0.1, -0.05) is 6.07 Å². The van der Waals surface area contributed by atoms with Crippen LogP contribution in [0.4, 0.5) is 11.5 Å². The van der Waals surface area contributed by atoms with Gasteiger partial charge in [0.05, 0.1) is 12.6 Å². The van der Waals surface area contributed by atoms with Gasteiger partial charge in [-0.2, -0.15) is 0 Å². The van der Waals surface area contributed by atoms with Crippen LogP contribution >= 0.6 is 0 Å². The van der Waals surface area contributed by atoms with Gasteiger partial charge in [0.15, 0.2) is 5.82 Å². The van der Waals surface area contributed by atoms with Crippen LogP contribution in [0.2, 0.25) is 0 Å². The summed E-state index contributed by atoms with van der Waals surface area (Å²) in [6.45, 7) is 0. The molecule has 0 radical (unpaired) electrons. The monoisotopic (exact) mass is 367 g/mol. The SMILES string of the molecule is COc1ccc2nc(-c3cccnc3)nc(Nc3ccc4cc[nH]c4c3)c2c1. The average Bonchev–Trinajstić information content (AvgIpc) is 3.22. The molecule has 0 fully saturated rings. The summed E-state index contributed by atoms with van der Waals surface area (Å²) >= 11 is 0. The fourth-order valence-corrected chi connectivity index (χ4v) is 3.22. The maximum Gasteiger partial charge on any atom is 0.163 e. The van der Waals surface area contributed by atoms with Crippen LogP contribution in [-0.2, 0) is 0 Å². The van der Waals surface area contributed by atoms with Crippen LogP contribution < -0.4 is 10.1 Å². The van der Waals surface area contributed by atoms with Crippen LogP contribution in [0.25, 0.3) is 33.2 Å². The summed E-state index contributed by atoms with van der Waals surface area (Å²) in [5, 5.41) is 5.49. The van der Waals surface area contributed by atoms with Crippen molar-refractivity contribution in [1.29, 1.82) is 0 Å². The highest BCUT2D eigenvalue weighted by atomic mass is 16.5. The Morgan fingerprint density at radius 3 is 2.82 bits per heavy atom. The van der Waals surface area contributed by atoms with Crippen molar-refractivity contribution in [2.45, 2.75) is 0 Å². The van der Waals surface area contributed by atoms with E-state index >= 15 is 0 Å².